The first-order chi connectivity index (χ1) is 11.8. The van der Waals surface area contributed by atoms with Gasteiger partial charge in [0, 0.05) is 13.7 Å². The van der Waals surface area contributed by atoms with Gasteiger partial charge >= 0.3 is 0 Å². The Morgan fingerprint density at radius 3 is 2.38 bits per heavy atom. The van der Waals surface area contributed by atoms with E-state index in [1.54, 1.807) is 7.11 Å². The smallest absolute Gasteiger partial charge is 0.0837 e. The van der Waals surface area contributed by atoms with Crippen LogP contribution in [0.25, 0.3) is 0 Å². The fourth-order valence-corrected chi connectivity index (χ4v) is 5.08. The average Bonchev–Trinajstić information content (AvgIpc) is 3.15. The van der Waals surface area contributed by atoms with E-state index in [0.29, 0.717) is 11.8 Å². The van der Waals surface area contributed by atoms with E-state index < -0.39 is 0 Å². The zero-order valence-corrected chi connectivity index (χ0v) is 15.5. The molecule has 3 rings (SSSR count). The van der Waals surface area contributed by atoms with Crippen molar-refractivity contribution in [2.75, 3.05) is 33.4 Å². The number of ether oxygens (including phenoxy) is 2. The number of methoxy groups -OCH3 is 1. The van der Waals surface area contributed by atoms with Gasteiger partial charge in [-0.15, -0.1) is 0 Å². The Morgan fingerprint density at radius 2 is 1.67 bits per heavy atom. The van der Waals surface area contributed by atoms with Crippen LogP contribution in [0.5, 0.6) is 0 Å². The van der Waals surface area contributed by atoms with Gasteiger partial charge in [-0.05, 0) is 69.9 Å². The number of hydrogen-bond acceptors (Lipinski definition) is 4. The molecule has 24 heavy (non-hydrogen) atoms. The number of aliphatic hydroxyl groups is 1. The highest BCUT2D eigenvalue weighted by Gasteiger charge is 2.37. The fourth-order valence-electron chi connectivity index (χ4n) is 5.08. The van der Waals surface area contributed by atoms with Crippen LogP contribution in [-0.2, 0) is 9.47 Å². The molecule has 0 amide bonds. The number of nitrogens with zero attached hydrogens (tertiary/aromatic N) is 1. The van der Waals surface area contributed by atoms with Crippen molar-refractivity contribution in [3.8, 4) is 0 Å². The highest BCUT2D eigenvalue weighted by atomic mass is 16.5. The molecule has 3 aliphatic rings. The topological polar surface area (TPSA) is 41.9 Å². The molecule has 4 atom stereocenters. The lowest BCUT2D eigenvalue weighted by molar-refractivity contribution is -0.108. The largest absolute Gasteiger partial charge is 0.393 e. The molecule has 140 valence electrons. The van der Waals surface area contributed by atoms with Crippen LogP contribution in [0.2, 0.25) is 0 Å². The zero-order valence-electron chi connectivity index (χ0n) is 15.5. The van der Waals surface area contributed by atoms with Crippen LogP contribution in [0.3, 0.4) is 0 Å². The van der Waals surface area contributed by atoms with Crippen molar-refractivity contribution in [3.63, 3.8) is 0 Å². The lowest BCUT2D eigenvalue weighted by Gasteiger charge is -2.40. The first kappa shape index (κ1) is 18.6. The molecule has 0 aromatic carbocycles. The number of hydrogen-bond donors (Lipinski definition) is 1. The van der Waals surface area contributed by atoms with Crippen LogP contribution < -0.4 is 0 Å². The highest BCUT2D eigenvalue weighted by molar-refractivity contribution is 4.88. The minimum atomic E-state index is -0.131. The number of rotatable bonds is 7. The van der Waals surface area contributed by atoms with Gasteiger partial charge in [-0.3, -0.25) is 0 Å². The van der Waals surface area contributed by atoms with Crippen LogP contribution in [0.15, 0.2) is 0 Å². The summed E-state index contributed by atoms with van der Waals surface area (Å²) < 4.78 is 11.9. The molecular weight excluding hydrogens is 302 g/mol. The second-order valence-corrected chi connectivity index (χ2v) is 8.19. The number of aliphatic hydroxyl groups excluding tert-OH is 1. The van der Waals surface area contributed by atoms with Gasteiger partial charge in [0.25, 0.3) is 0 Å². The van der Waals surface area contributed by atoms with Crippen molar-refractivity contribution in [1.29, 1.82) is 0 Å². The Labute approximate surface area is 147 Å². The Hall–Kier alpha value is -0.160. The first-order valence-electron chi connectivity index (χ1n) is 10.3. The average molecular weight is 340 g/mol. The molecule has 2 aliphatic carbocycles. The summed E-state index contributed by atoms with van der Waals surface area (Å²) in [6.45, 7) is 4.34. The molecule has 1 saturated heterocycles. The molecule has 1 N–H and O–H groups in total. The molecule has 0 radical (unpaired) electrons. The van der Waals surface area contributed by atoms with Gasteiger partial charge in [-0.2, -0.15) is 0 Å². The quantitative estimate of drug-likeness (QED) is 0.773. The lowest BCUT2D eigenvalue weighted by Crippen LogP contribution is -2.43. The van der Waals surface area contributed by atoms with Crippen LogP contribution in [-0.4, -0.2) is 61.7 Å². The molecule has 4 unspecified atom stereocenters. The molecule has 4 nitrogen and oxygen atoms in total. The molecule has 3 fully saturated rings. The van der Waals surface area contributed by atoms with E-state index in [9.17, 15) is 5.11 Å². The standard InChI is InChI=1S/C20H37NO3/c1-23-19-15-17(20(22)16-7-3-2-4-8-16)9-10-18(19)24-14-13-21-11-5-6-12-21/h16-20,22H,2-15H2,1H3. The second kappa shape index (κ2) is 9.51. The van der Waals surface area contributed by atoms with Gasteiger partial charge < -0.3 is 19.5 Å². The predicted octanol–water partition coefficient (Wildman–Crippen LogP) is 3.22. The maximum Gasteiger partial charge on any atom is 0.0837 e. The Balaban J connectivity index is 1.42. The zero-order chi connectivity index (χ0) is 16.8. The molecule has 4 heteroatoms. The SMILES string of the molecule is COC1CC(C(O)C2CCCCC2)CCC1OCCN1CCCC1. The number of likely N-dealkylation sites (tertiary alicyclic amines) is 1. The van der Waals surface area contributed by atoms with Crippen molar-refractivity contribution in [3.05, 3.63) is 0 Å². The highest BCUT2D eigenvalue weighted by Crippen LogP contribution is 2.37. The van der Waals surface area contributed by atoms with Gasteiger partial charge in [0.2, 0.25) is 0 Å². The molecule has 1 heterocycles. The van der Waals surface area contributed by atoms with E-state index in [1.165, 1.54) is 58.0 Å². The summed E-state index contributed by atoms with van der Waals surface area (Å²) in [5, 5.41) is 10.8. The maximum atomic E-state index is 10.8. The Kier molecular flexibility index (Phi) is 7.38. The van der Waals surface area contributed by atoms with E-state index in [-0.39, 0.29) is 18.3 Å². The molecular formula is C20H37NO3. The third-order valence-electron chi connectivity index (χ3n) is 6.63. The molecule has 0 spiro atoms. The van der Waals surface area contributed by atoms with Gasteiger partial charge in [0.05, 0.1) is 24.9 Å². The summed E-state index contributed by atoms with van der Waals surface area (Å²) >= 11 is 0. The van der Waals surface area contributed by atoms with Crippen LogP contribution in [0, 0.1) is 11.8 Å². The fraction of sp³-hybridized carbons (Fsp3) is 1.00. The van der Waals surface area contributed by atoms with Crippen LogP contribution >= 0.6 is 0 Å². The molecule has 0 bridgehead atoms. The van der Waals surface area contributed by atoms with Crippen molar-refractivity contribution in [1.82, 2.24) is 4.90 Å². The van der Waals surface area contributed by atoms with E-state index in [1.807, 2.05) is 0 Å². The minimum Gasteiger partial charge on any atom is -0.393 e. The van der Waals surface area contributed by atoms with Crippen molar-refractivity contribution >= 4 is 0 Å². The molecule has 2 saturated carbocycles. The van der Waals surface area contributed by atoms with Gasteiger partial charge in [-0.25, -0.2) is 0 Å². The van der Waals surface area contributed by atoms with Crippen molar-refractivity contribution < 1.29 is 14.6 Å². The summed E-state index contributed by atoms with van der Waals surface area (Å²) in [7, 11) is 1.80. The molecule has 0 aromatic rings. The third-order valence-corrected chi connectivity index (χ3v) is 6.63. The first-order valence-corrected chi connectivity index (χ1v) is 10.3. The molecule has 0 aromatic heterocycles. The van der Waals surface area contributed by atoms with Crippen LogP contribution in [0.4, 0.5) is 0 Å². The van der Waals surface area contributed by atoms with E-state index in [2.05, 4.69) is 4.90 Å². The van der Waals surface area contributed by atoms with Crippen LogP contribution in [0.1, 0.15) is 64.2 Å². The monoisotopic (exact) mass is 339 g/mol. The maximum absolute atomic E-state index is 10.8. The second-order valence-electron chi connectivity index (χ2n) is 8.19. The van der Waals surface area contributed by atoms with E-state index in [4.69, 9.17) is 9.47 Å². The normalized spacial score (nSPS) is 34.5. The van der Waals surface area contributed by atoms with Gasteiger partial charge in [-0.1, -0.05) is 19.3 Å². The third kappa shape index (κ3) is 4.94. The van der Waals surface area contributed by atoms with Gasteiger partial charge in [0.15, 0.2) is 0 Å². The summed E-state index contributed by atoms with van der Waals surface area (Å²) in [6, 6.07) is 0. The summed E-state index contributed by atoms with van der Waals surface area (Å²) in [6.07, 6.45) is 12.4. The lowest BCUT2D eigenvalue weighted by atomic mass is 9.74. The summed E-state index contributed by atoms with van der Waals surface area (Å²) in [5.74, 6) is 0.922. The Morgan fingerprint density at radius 1 is 0.917 bits per heavy atom. The summed E-state index contributed by atoms with van der Waals surface area (Å²) in [4.78, 5) is 2.50. The Bertz CT molecular complexity index is 353. The van der Waals surface area contributed by atoms with Crippen molar-refractivity contribution in [2.24, 2.45) is 11.8 Å². The van der Waals surface area contributed by atoms with Crippen molar-refractivity contribution in [2.45, 2.75) is 82.5 Å². The van der Waals surface area contributed by atoms with Gasteiger partial charge in [0.1, 0.15) is 0 Å². The predicted molar refractivity (Wildman–Crippen MR) is 96.1 cm³/mol. The summed E-state index contributed by atoms with van der Waals surface area (Å²) in [5.41, 5.74) is 0. The molecule has 1 aliphatic heterocycles. The minimum absolute atomic E-state index is 0.131. The van der Waals surface area contributed by atoms with E-state index in [0.717, 1.165) is 32.4 Å². The van der Waals surface area contributed by atoms with E-state index >= 15 is 0 Å².